The molecule has 0 bridgehead atoms. The molecule has 0 saturated heterocycles. The van der Waals surface area contributed by atoms with Crippen LogP contribution in [-0.4, -0.2) is 7.11 Å². The zero-order valence-electron chi connectivity index (χ0n) is 19.5. The zero-order chi connectivity index (χ0) is 22.8. The van der Waals surface area contributed by atoms with Gasteiger partial charge in [-0.1, -0.05) is 86.8 Å². The highest BCUT2D eigenvalue weighted by molar-refractivity contribution is 9.11. The minimum absolute atomic E-state index is 0.0982. The van der Waals surface area contributed by atoms with Crippen molar-refractivity contribution in [1.82, 2.24) is 0 Å². The Morgan fingerprint density at radius 3 is 2.55 bits per heavy atom. The summed E-state index contributed by atoms with van der Waals surface area (Å²) in [5.74, 6) is 3.69. The molecule has 0 aliphatic heterocycles. The van der Waals surface area contributed by atoms with E-state index in [2.05, 4.69) is 100 Å². The summed E-state index contributed by atoms with van der Waals surface area (Å²) >= 11 is 8.03. The lowest BCUT2D eigenvalue weighted by molar-refractivity contribution is 0.0373. The summed E-state index contributed by atoms with van der Waals surface area (Å²) in [7, 11) is 1.87. The first-order chi connectivity index (χ1) is 15.9. The number of benzene rings is 2. The molecule has 7 atom stereocenters. The molecule has 2 aromatic carbocycles. The van der Waals surface area contributed by atoms with Gasteiger partial charge in [0.2, 0.25) is 0 Å². The van der Waals surface area contributed by atoms with Crippen molar-refractivity contribution in [1.29, 1.82) is 0 Å². The van der Waals surface area contributed by atoms with Crippen LogP contribution in [0, 0.1) is 28.6 Å². The zero-order valence-corrected chi connectivity index (χ0v) is 22.7. The molecule has 3 saturated carbocycles. The van der Waals surface area contributed by atoms with Gasteiger partial charge in [0.15, 0.2) is 0 Å². The number of halogens is 2. The summed E-state index contributed by atoms with van der Waals surface area (Å²) in [5, 5.41) is 0. The molecular weight excluding hydrogens is 536 g/mol. The third-order valence-corrected chi connectivity index (χ3v) is 12.4. The number of ether oxygens (including phenoxy) is 1. The Kier molecular flexibility index (Phi) is 4.24. The second kappa shape index (κ2) is 6.66. The molecule has 1 nitrogen and oxygen atoms in total. The first-order valence-electron chi connectivity index (χ1n) is 12.4. The Balaban J connectivity index is 1.53. The number of hydrogen-bond acceptors (Lipinski definition) is 1. The molecule has 0 N–H and O–H groups in total. The van der Waals surface area contributed by atoms with E-state index in [4.69, 9.17) is 4.74 Å². The predicted octanol–water partition coefficient (Wildman–Crippen LogP) is 8.33. The molecule has 2 aromatic rings. The maximum Gasteiger partial charge on any atom is 0.123 e. The van der Waals surface area contributed by atoms with Gasteiger partial charge in [-0.05, 0) is 83.5 Å². The maximum atomic E-state index is 6.16. The van der Waals surface area contributed by atoms with Crippen LogP contribution in [0.5, 0.6) is 5.75 Å². The number of fused-ring (bicyclic) bond motifs is 2. The van der Waals surface area contributed by atoms with E-state index in [-0.39, 0.29) is 10.8 Å². The molecule has 170 valence electrons. The molecule has 3 fully saturated rings. The fourth-order valence-electron chi connectivity index (χ4n) is 9.67. The minimum Gasteiger partial charge on any atom is -0.496 e. The van der Waals surface area contributed by atoms with E-state index in [0.29, 0.717) is 23.2 Å². The van der Waals surface area contributed by atoms with Gasteiger partial charge < -0.3 is 4.74 Å². The van der Waals surface area contributed by atoms with E-state index >= 15 is 0 Å². The van der Waals surface area contributed by atoms with E-state index in [1.54, 1.807) is 16.7 Å². The van der Waals surface area contributed by atoms with Crippen LogP contribution in [0.4, 0.5) is 0 Å². The van der Waals surface area contributed by atoms with Crippen LogP contribution in [0.25, 0.3) is 0 Å². The van der Waals surface area contributed by atoms with Crippen LogP contribution in [0.3, 0.4) is 0 Å². The van der Waals surface area contributed by atoms with Gasteiger partial charge in [0.05, 0.1) is 7.11 Å². The monoisotopic (exact) mass is 564 g/mol. The highest BCUT2D eigenvalue weighted by Gasteiger charge is 2.85. The largest absolute Gasteiger partial charge is 0.496 e. The van der Waals surface area contributed by atoms with Crippen molar-refractivity contribution in [3.63, 3.8) is 0 Å². The Morgan fingerprint density at radius 1 is 1.00 bits per heavy atom. The van der Waals surface area contributed by atoms with Gasteiger partial charge in [-0.3, -0.25) is 0 Å². The predicted molar refractivity (Wildman–Crippen MR) is 141 cm³/mol. The fourth-order valence-corrected chi connectivity index (χ4v) is 10.9. The van der Waals surface area contributed by atoms with Gasteiger partial charge in [0.25, 0.3) is 0 Å². The van der Waals surface area contributed by atoms with E-state index in [9.17, 15) is 0 Å². The first kappa shape index (κ1) is 21.0. The maximum absolute atomic E-state index is 6.16. The summed E-state index contributed by atoms with van der Waals surface area (Å²) in [5.41, 5.74) is 6.71. The third kappa shape index (κ3) is 2.22. The Labute approximate surface area is 213 Å². The SMILES string of the molecule is COc1ccc(Br)c2c1[C@]13C(C2)C[C@@H](c2ccccc2)C2CC21CC1C(Br)=CC=C(C)C13C. The molecule has 0 amide bonds. The van der Waals surface area contributed by atoms with Crippen molar-refractivity contribution in [2.24, 2.45) is 28.6 Å². The Morgan fingerprint density at radius 2 is 1.79 bits per heavy atom. The summed E-state index contributed by atoms with van der Waals surface area (Å²) < 4.78 is 8.83. The average Bonchev–Trinajstić information content (AvgIpc) is 3.36. The van der Waals surface area contributed by atoms with Gasteiger partial charge >= 0.3 is 0 Å². The van der Waals surface area contributed by atoms with Gasteiger partial charge in [0.1, 0.15) is 5.75 Å². The molecular formula is C30H30Br2O. The van der Waals surface area contributed by atoms with Gasteiger partial charge in [0, 0.05) is 26.8 Å². The molecule has 0 aromatic heterocycles. The number of allylic oxidation sites excluding steroid dienone is 4. The molecule has 2 spiro atoms. The lowest BCUT2D eigenvalue weighted by Crippen LogP contribution is -2.54. The molecule has 0 radical (unpaired) electrons. The molecule has 0 heterocycles. The molecule has 7 rings (SSSR count). The van der Waals surface area contributed by atoms with Crippen molar-refractivity contribution in [2.45, 2.75) is 50.9 Å². The van der Waals surface area contributed by atoms with Gasteiger partial charge in [-0.2, -0.15) is 0 Å². The Bertz CT molecular complexity index is 1250. The lowest BCUT2D eigenvalue weighted by atomic mass is 9.47. The van der Waals surface area contributed by atoms with Crippen LogP contribution in [0.2, 0.25) is 0 Å². The van der Waals surface area contributed by atoms with Gasteiger partial charge in [-0.25, -0.2) is 0 Å². The number of methoxy groups -OCH3 is 1. The van der Waals surface area contributed by atoms with Crippen molar-refractivity contribution in [3.8, 4) is 5.75 Å². The molecule has 3 heteroatoms. The van der Waals surface area contributed by atoms with E-state index < -0.39 is 0 Å². The summed E-state index contributed by atoms with van der Waals surface area (Å²) in [6.07, 6.45) is 9.79. The number of hydrogen-bond donors (Lipinski definition) is 0. The van der Waals surface area contributed by atoms with Crippen LogP contribution >= 0.6 is 31.9 Å². The van der Waals surface area contributed by atoms with Crippen LogP contribution in [-0.2, 0) is 11.8 Å². The minimum atomic E-state index is 0.0982. The Hall–Kier alpha value is -1.32. The summed E-state index contributed by atoms with van der Waals surface area (Å²) in [6.45, 7) is 5.00. The van der Waals surface area contributed by atoms with Crippen LogP contribution in [0.15, 0.2) is 69.1 Å². The fraction of sp³-hybridized carbons (Fsp3) is 0.467. The average molecular weight is 566 g/mol. The quantitative estimate of drug-likeness (QED) is 0.355. The second-order valence-corrected chi connectivity index (χ2v) is 13.2. The van der Waals surface area contributed by atoms with Crippen molar-refractivity contribution in [3.05, 3.63) is 85.8 Å². The highest BCUT2D eigenvalue weighted by Crippen LogP contribution is 2.89. The molecule has 5 aliphatic carbocycles. The van der Waals surface area contributed by atoms with E-state index in [1.807, 2.05) is 7.11 Å². The highest BCUT2D eigenvalue weighted by atomic mass is 79.9. The summed E-state index contributed by atoms with van der Waals surface area (Å²) in [4.78, 5) is 0. The molecule has 5 unspecified atom stereocenters. The van der Waals surface area contributed by atoms with Crippen molar-refractivity contribution < 1.29 is 4.74 Å². The molecule has 33 heavy (non-hydrogen) atoms. The van der Waals surface area contributed by atoms with E-state index in [0.717, 1.165) is 18.1 Å². The van der Waals surface area contributed by atoms with Crippen LogP contribution < -0.4 is 4.74 Å². The van der Waals surface area contributed by atoms with E-state index in [1.165, 1.54) is 33.8 Å². The topological polar surface area (TPSA) is 9.23 Å². The second-order valence-electron chi connectivity index (χ2n) is 11.4. The normalized spacial score (nSPS) is 41.7. The summed E-state index contributed by atoms with van der Waals surface area (Å²) in [6, 6.07) is 15.8. The third-order valence-electron chi connectivity index (χ3n) is 10.8. The van der Waals surface area contributed by atoms with Gasteiger partial charge in [-0.15, -0.1) is 0 Å². The van der Waals surface area contributed by atoms with Crippen molar-refractivity contribution in [2.75, 3.05) is 7.11 Å². The standard InChI is InChI=1S/C30H30Br2O/c1-17-9-10-25(32)23-16-29-15-22(29)20(18-7-5-4-6-8-18)13-19-14-21-24(31)11-12-26(33-3)27(21)30(19,29)28(17,23)2/h4-12,19-20,22-23H,13-16H2,1-3H3/t19?,20-,22?,23?,28?,29?,30-/m0/s1. The lowest BCUT2D eigenvalue weighted by Gasteiger charge is -2.56. The van der Waals surface area contributed by atoms with Crippen LogP contribution in [0.1, 0.15) is 55.7 Å². The van der Waals surface area contributed by atoms with Crippen molar-refractivity contribution >= 4 is 31.9 Å². The molecule has 5 aliphatic rings. The smallest absolute Gasteiger partial charge is 0.123 e. The number of rotatable bonds is 2. The first-order valence-corrected chi connectivity index (χ1v) is 13.9.